The highest BCUT2D eigenvalue weighted by atomic mass is 16.5. The first kappa shape index (κ1) is 16.7. The smallest absolute Gasteiger partial charge is 0.236 e. The lowest BCUT2D eigenvalue weighted by Gasteiger charge is -2.37. The van der Waals surface area contributed by atoms with Gasteiger partial charge in [0.25, 0.3) is 0 Å². The van der Waals surface area contributed by atoms with E-state index in [-0.39, 0.29) is 5.91 Å². The molecule has 2 rings (SSSR count). The number of hydrogen-bond donors (Lipinski definition) is 1. The predicted molar refractivity (Wildman–Crippen MR) is 84.3 cm³/mol. The summed E-state index contributed by atoms with van der Waals surface area (Å²) in [5, 5.41) is 3.60. The Bertz CT molecular complexity index is 319. The minimum atomic E-state index is 0.271. The minimum absolute atomic E-state index is 0.271. The van der Waals surface area contributed by atoms with E-state index >= 15 is 0 Å². The molecule has 2 fully saturated rings. The summed E-state index contributed by atoms with van der Waals surface area (Å²) in [5.74, 6) is 0.941. The van der Waals surface area contributed by atoms with Crippen LogP contribution >= 0.6 is 0 Å². The number of rotatable bonds is 6. The highest BCUT2D eigenvalue weighted by Gasteiger charge is 2.27. The third-order valence-electron chi connectivity index (χ3n) is 4.69. The molecule has 0 saturated carbocycles. The first-order valence-corrected chi connectivity index (χ1v) is 8.52. The van der Waals surface area contributed by atoms with Crippen molar-refractivity contribution in [2.24, 2.45) is 5.92 Å². The molecule has 21 heavy (non-hydrogen) atoms. The van der Waals surface area contributed by atoms with Crippen molar-refractivity contribution in [3.63, 3.8) is 0 Å². The molecule has 0 radical (unpaired) electrons. The van der Waals surface area contributed by atoms with Crippen LogP contribution in [0.5, 0.6) is 0 Å². The maximum Gasteiger partial charge on any atom is 0.236 e. The lowest BCUT2D eigenvalue weighted by molar-refractivity contribution is -0.137. The highest BCUT2D eigenvalue weighted by Crippen LogP contribution is 2.20. The van der Waals surface area contributed by atoms with Gasteiger partial charge < -0.3 is 15.0 Å². The lowest BCUT2D eigenvalue weighted by atomic mass is 9.91. The summed E-state index contributed by atoms with van der Waals surface area (Å²) in [6, 6.07) is 0.547. The van der Waals surface area contributed by atoms with Gasteiger partial charge in [0.15, 0.2) is 0 Å². The second-order valence-corrected chi connectivity index (χ2v) is 6.37. The molecule has 5 nitrogen and oxygen atoms in total. The Morgan fingerprint density at radius 1 is 1.33 bits per heavy atom. The van der Waals surface area contributed by atoms with Crippen LogP contribution in [0.15, 0.2) is 0 Å². The Balaban J connectivity index is 1.76. The number of nitrogens with zero attached hydrogens (tertiary/aromatic N) is 2. The van der Waals surface area contributed by atoms with E-state index in [1.54, 1.807) is 0 Å². The Labute approximate surface area is 129 Å². The van der Waals surface area contributed by atoms with Gasteiger partial charge in [-0.15, -0.1) is 0 Å². The van der Waals surface area contributed by atoms with Crippen LogP contribution in [0.25, 0.3) is 0 Å². The summed E-state index contributed by atoms with van der Waals surface area (Å²) in [4.78, 5) is 16.6. The summed E-state index contributed by atoms with van der Waals surface area (Å²) in [6.45, 7) is 11.2. The number of morpholine rings is 1. The zero-order valence-electron chi connectivity index (χ0n) is 13.6. The van der Waals surface area contributed by atoms with Crippen LogP contribution < -0.4 is 5.32 Å². The minimum Gasteiger partial charge on any atom is -0.378 e. The molecule has 2 saturated heterocycles. The van der Waals surface area contributed by atoms with Crippen LogP contribution in [0.1, 0.15) is 33.1 Å². The number of amides is 1. The van der Waals surface area contributed by atoms with E-state index in [0.29, 0.717) is 31.7 Å². The van der Waals surface area contributed by atoms with Gasteiger partial charge in [0.05, 0.1) is 19.8 Å². The van der Waals surface area contributed by atoms with Crippen LogP contribution in [0.3, 0.4) is 0 Å². The van der Waals surface area contributed by atoms with Crippen LogP contribution in [0.4, 0.5) is 0 Å². The van der Waals surface area contributed by atoms with Crippen molar-refractivity contribution in [1.29, 1.82) is 0 Å². The van der Waals surface area contributed by atoms with Crippen molar-refractivity contribution < 1.29 is 9.53 Å². The molecule has 1 N–H and O–H groups in total. The summed E-state index contributed by atoms with van der Waals surface area (Å²) in [5.41, 5.74) is 0. The fourth-order valence-corrected chi connectivity index (χ4v) is 3.29. The normalized spacial score (nSPS) is 25.8. The van der Waals surface area contributed by atoms with Gasteiger partial charge in [-0.05, 0) is 45.2 Å². The average molecular weight is 297 g/mol. The third-order valence-corrected chi connectivity index (χ3v) is 4.69. The number of hydrogen-bond acceptors (Lipinski definition) is 4. The fourth-order valence-electron chi connectivity index (χ4n) is 3.29. The molecule has 2 aliphatic rings. The molecule has 2 atom stereocenters. The number of piperidine rings is 1. The Morgan fingerprint density at radius 3 is 2.81 bits per heavy atom. The molecule has 0 aliphatic carbocycles. The van der Waals surface area contributed by atoms with Gasteiger partial charge in [-0.3, -0.25) is 9.69 Å². The van der Waals surface area contributed by atoms with E-state index in [9.17, 15) is 4.79 Å². The van der Waals surface area contributed by atoms with Gasteiger partial charge in [-0.2, -0.15) is 0 Å². The fraction of sp³-hybridized carbons (Fsp3) is 0.938. The van der Waals surface area contributed by atoms with Crippen molar-refractivity contribution in [3.8, 4) is 0 Å². The average Bonchev–Trinajstić information content (AvgIpc) is 2.53. The highest BCUT2D eigenvalue weighted by molar-refractivity contribution is 5.78. The standard InChI is InChI=1S/C16H31N3O2/c1-3-6-17-14(2)15-5-4-7-18(12-15)13-16(20)19-8-10-21-11-9-19/h14-15,17H,3-13H2,1-2H3. The third kappa shape index (κ3) is 5.24. The van der Waals surface area contributed by atoms with Gasteiger partial charge in [0.2, 0.25) is 5.91 Å². The molecule has 0 aromatic carbocycles. The Hall–Kier alpha value is -0.650. The van der Waals surface area contributed by atoms with E-state index in [1.165, 1.54) is 19.3 Å². The van der Waals surface area contributed by atoms with Gasteiger partial charge in [-0.25, -0.2) is 0 Å². The number of carbonyl (C=O) groups is 1. The van der Waals surface area contributed by atoms with Crippen LogP contribution in [0, 0.1) is 5.92 Å². The van der Waals surface area contributed by atoms with Crippen LogP contribution in [-0.4, -0.2) is 74.2 Å². The molecule has 0 aromatic rings. The second-order valence-electron chi connectivity index (χ2n) is 6.37. The molecule has 2 unspecified atom stereocenters. The Morgan fingerprint density at radius 2 is 2.10 bits per heavy atom. The molecule has 2 aliphatic heterocycles. The number of likely N-dealkylation sites (tertiary alicyclic amines) is 1. The van der Waals surface area contributed by atoms with Crippen LogP contribution in [-0.2, 0) is 9.53 Å². The van der Waals surface area contributed by atoms with Gasteiger partial charge in [0.1, 0.15) is 0 Å². The SMILES string of the molecule is CCCNC(C)C1CCCN(CC(=O)N2CCOCC2)C1. The van der Waals surface area contributed by atoms with E-state index in [0.717, 1.165) is 32.7 Å². The van der Waals surface area contributed by atoms with Crippen molar-refractivity contribution in [3.05, 3.63) is 0 Å². The molecule has 1 amide bonds. The molecule has 2 heterocycles. The number of nitrogens with one attached hydrogen (secondary N) is 1. The Kier molecular flexibility index (Phi) is 6.93. The van der Waals surface area contributed by atoms with E-state index < -0.39 is 0 Å². The topological polar surface area (TPSA) is 44.8 Å². The van der Waals surface area contributed by atoms with E-state index in [2.05, 4.69) is 24.1 Å². The number of carbonyl (C=O) groups excluding carboxylic acids is 1. The molecule has 0 aromatic heterocycles. The zero-order chi connectivity index (χ0) is 15.1. The summed E-state index contributed by atoms with van der Waals surface area (Å²) >= 11 is 0. The van der Waals surface area contributed by atoms with Crippen molar-refractivity contribution in [1.82, 2.24) is 15.1 Å². The first-order chi connectivity index (χ1) is 10.2. The number of ether oxygens (including phenoxy) is 1. The van der Waals surface area contributed by atoms with Gasteiger partial charge in [-0.1, -0.05) is 6.92 Å². The van der Waals surface area contributed by atoms with Crippen LogP contribution in [0.2, 0.25) is 0 Å². The molecule has 0 bridgehead atoms. The summed E-state index contributed by atoms with van der Waals surface area (Å²) in [6.07, 6.45) is 3.66. The van der Waals surface area contributed by atoms with E-state index in [1.807, 2.05) is 4.90 Å². The largest absolute Gasteiger partial charge is 0.378 e. The maximum atomic E-state index is 12.3. The molecular formula is C16H31N3O2. The van der Waals surface area contributed by atoms with Crippen molar-refractivity contribution in [2.45, 2.75) is 39.2 Å². The van der Waals surface area contributed by atoms with Crippen molar-refractivity contribution in [2.75, 3.05) is 52.5 Å². The lowest BCUT2D eigenvalue weighted by Crippen LogP contribution is -2.50. The zero-order valence-corrected chi connectivity index (χ0v) is 13.6. The maximum absolute atomic E-state index is 12.3. The quantitative estimate of drug-likeness (QED) is 0.793. The van der Waals surface area contributed by atoms with Gasteiger partial charge in [0, 0.05) is 25.7 Å². The molecule has 122 valence electrons. The summed E-state index contributed by atoms with van der Waals surface area (Å²) < 4.78 is 5.31. The molecular weight excluding hydrogens is 266 g/mol. The van der Waals surface area contributed by atoms with Crippen molar-refractivity contribution >= 4 is 5.91 Å². The molecule has 5 heteroatoms. The molecule has 0 spiro atoms. The predicted octanol–water partition coefficient (Wildman–Crippen LogP) is 0.945. The van der Waals surface area contributed by atoms with Gasteiger partial charge >= 0.3 is 0 Å². The second kappa shape index (κ2) is 8.71. The van der Waals surface area contributed by atoms with E-state index in [4.69, 9.17) is 4.74 Å². The summed E-state index contributed by atoms with van der Waals surface area (Å²) in [7, 11) is 0. The first-order valence-electron chi connectivity index (χ1n) is 8.52. The monoisotopic (exact) mass is 297 g/mol.